The molecule has 1 heterocycles. The van der Waals surface area contributed by atoms with Gasteiger partial charge in [-0.3, -0.25) is 0 Å². The van der Waals surface area contributed by atoms with Crippen molar-refractivity contribution in [3.05, 3.63) is 29.8 Å². The molecule has 0 aliphatic carbocycles. The van der Waals surface area contributed by atoms with E-state index < -0.39 is 0 Å². The highest BCUT2D eigenvalue weighted by atomic mass is 16.5. The zero-order valence-electron chi connectivity index (χ0n) is 8.78. The highest BCUT2D eigenvalue weighted by Gasteiger charge is 2.16. The Morgan fingerprint density at radius 3 is 3.00 bits per heavy atom. The van der Waals surface area contributed by atoms with E-state index in [2.05, 4.69) is 5.32 Å². The molecular formula is C12H17NO2. The number of hydrogen-bond donors (Lipinski definition) is 2. The minimum atomic E-state index is 0.170. The van der Waals surface area contributed by atoms with E-state index in [-0.39, 0.29) is 12.7 Å². The van der Waals surface area contributed by atoms with Crippen molar-refractivity contribution in [2.24, 2.45) is 0 Å². The topological polar surface area (TPSA) is 41.5 Å². The van der Waals surface area contributed by atoms with Crippen LogP contribution in [-0.2, 0) is 6.42 Å². The van der Waals surface area contributed by atoms with Gasteiger partial charge in [0.1, 0.15) is 11.9 Å². The minimum absolute atomic E-state index is 0.170. The number of nitrogens with one attached hydrogen (secondary N) is 1. The van der Waals surface area contributed by atoms with Crippen molar-refractivity contribution in [2.45, 2.75) is 18.9 Å². The molecular weight excluding hydrogens is 190 g/mol. The predicted octanol–water partition coefficient (Wildman–Crippen LogP) is 0.962. The maximum Gasteiger partial charge on any atom is 0.123 e. The molecule has 1 aliphatic heterocycles. The highest BCUT2D eigenvalue weighted by Crippen LogP contribution is 2.21. The summed E-state index contributed by atoms with van der Waals surface area (Å²) in [5, 5.41) is 12.2. The molecule has 1 aromatic carbocycles. The van der Waals surface area contributed by atoms with Crippen molar-refractivity contribution in [2.75, 3.05) is 19.7 Å². The second-order valence-electron chi connectivity index (χ2n) is 3.81. The summed E-state index contributed by atoms with van der Waals surface area (Å²) in [5.41, 5.74) is 1.09. The van der Waals surface area contributed by atoms with Crippen molar-refractivity contribution >= 4 is 0 Å². The molecule has 1 aliphatic rings. The molecule has 1 aromatic rings. The Labute approximate surface area is 90.1 Å². The molecule has 1 fully saturated rings. The highest BCUT2D eigenvalue weighted by molar-refractivity contribution is 5.33. The van der Waals surface area contributed by atoms with E-state index in [9.17, 15) is 0 Å². The lowest BCUT2D eigenvalue weighted by Crippen LogP contribution is -2.20. The minimum Gasteiger partial charge on any atom is -0.489 e. The first-order valence-corrected chi connectivity index (χ1v) is 5.46. The normalized spacial score (nSPS) is 20.5. The predicted molar refractivity (Wildman–Crippen MR) is 59.1 cm³/mol. The number of benzene rings is 1. The van der Waals surface area contributed by atoms with Gasteiger partial charge in [-0.1, -0.05) is 18.2 Å². The van der Waals surface area contributed by atoms with Gasteiger partial charge in [0.2, 0.25) is 0 Å². The third kappa shape index (κ3) is 2.70. The standard InChI is InChI=1S/C12H17NO2/c14-8-6-10-3-1-2-4-12(10)15-11-5-7-13-9-11/h1-4,11,13-14H,5-9H2/t11-/m1/s1. The van der Waals surface area contributed by atoms with Crippen LogP contribution >= 0.6 is 0 Å². The Kier molecular flexibility index (Phi) is 3.59. The van der Waals surface area contributed by atoms with Gasteiger partial charge in [-0.05, 0) is 31.0 Å². The molecule has 0 unspecified atom stereocenters. The van der Waals surface area contributed by atoms with Crippen LogP contribution in [0.5, 0.6) is 5.75 Å². The van der Waals surface area contributed by atoms with Gasteiger partial charge >= 0.3 is 0 Å². The zero-order valence-corrected chi connectivity index (χ0v) is 8.78. The smallest absolute Gasteiger partial charge is 0.123 e. The fourth-order valence-corrected chi connectivity index (χ4v) is 1.85. The first kappa shape index (κ1) is 10.5. The van der Waals surface area contributed by atoms with Crippen LogP contribution in [0.15, 0.2) is 24.3 Å². The van der Waals surface area contributed by atoms with Crippen LogP contribution in [0.1, 0.15) is 12.0 Å². The largest absolute Gasteiger partial charge is 0.489 e. The van der Waals surface area contributed by atoms with Gasteiger partial charge in [0, 0.05) is 13.2 Å². The molecule has 82 valence electrons. The second kappa shape index (κ2) is 5.14. The van der Waals surface area contributed by atoms with Gasteiger partial charge in [-0.25, -0.2) is 0 Å². The molecule has 0 amide bonds. The van der Waals surface area contributed by atoms with Crippen LogP contribution in [0, 0.1) is 0 Å². The van der Waals surface area contributed by atoms with Crippen molar-refractivity contribution in [3.63, 3.8) is 0 Å². The Morgan fingerprint density at radius 1 is 1.40 bits per heavy atom. The summed E-state index contributed by atoms with van der Waals surface area (Å²) in [6.07, 6.45) is 2.01. The molecule has 3 nitrogen and oxygen atoms in total. The van der Waals surface area contributed by atoms with Crippen molar-refractivity contribution in [1.82, 2.24) is 5.32 Å². The maximum absolute atomic E-state index is 8.94. The van der Waals surface area contributed by atoms with Crippen molar-refractivity contribution in [1.29, 1.82) is 0 Å². The summed E-state index contributed by atoms with van der Waals surface area (Å²) >= 11 is 0. The Bertz CT molecular complexity index is 308. The van der Waals surface area contributed by atoms with E-state index in [1.165, 1.54) is 0 Å². The van der Waals surface area contributed by atoms with Crippen LogP contribution in [0.3, 0.4) is 0 Å². The van der Waals surface area contributed by atoms with Gasteiger partial charge in [-0.2, -0.15) is 0 Å². The molecule has 15 heavy (non-hydrogen) atoms. The van der Waals surface area contributed by atoms with Crippen LogP contribution in [0.25, 0.3) is 0 Å². The van der Waals surface area contributed by atoms with Crippen LogP contribution < -0.4 is 10.1 Å². The van der Waals surface area contributed by atoms with E-state index in [4.69, 9.17) is 9.84 Å². The van der Waals surface area contributed by atoms with Crippen LogP contribution in [0.4, 0.5) is 0 Å². The number of rotatable bonds is 4. The van der Waals surface area contributed by atoms with Gasteiger partial charge in [0.05, 0.1) is 0 Å². The monoisotopic (exact) mass is 207 g/mol. The van der Waals surface area contributed by atoms with Gasteiger partial charge in [-0.15, -0.1) is 0 Å². The van der Waals surface area contributed by atoms with Gasteiger partial charge in [0.25, 0.3) is 0 Å². The summed E-state index contributed by atoms with van der Waals surface area (Å²) in [5.74, 6) is 0.917. The molecule has 1 atom stereocenters. The van der Waals surface area contributed by atoms with E-state index in [1.807, 2.05) is 24.3 Å². The molecule has 0 spiro atoms. The second-order valence-corrected chi connectivity index (χ2v) is 3.81. The van der Waals surface area contributed by atoms with Gasteiger partial charge < -0.3 is 15.2 Å². The fourth-order valence-electron chi connectivity index (χ4n) is 1.85. The number of aliphatic hydroxyl groups excluding tert-OH is 1. The molecule has 1 saturated heterocycles. The first-order valence-electron chi connectivity index (χ1n) is 5.46. The Balaban J connectivity index is 2.05. The molecule has 3 heteroatoms. The molecule has 0 aromatic heterocycles. The third-order valence-electron chi connectivity index (χ3n) is 2.66. The lowest BCUT2D eigenvalue weighted by molar-refractivity contribution is 0.218. The number of para-hydroxylation sites is 1. The lowest BCUT2D eigenvalue weighted by atomic mass is 10.1. The van der Waals surface area contributed by atoms with E-state index in [1.54, 1.807) is 0 Å². The van der Waals surface area contributed by atoms with Crippen molar-refractivity contribution in [3.8, 4) is 5.75 Å². The average Bonchev–Trinajstić information content (AvgIpc) is 2.74. The van der Waals surface area contributed by atoms with Crippen LogP contribution in [0.2, 0.25) is 0 Å². The molecule has 2 rings (SSSR count). The van der Waals surface area contributed by atoms with Gasteiger partial charge in [0.15, 0.2) is 0 Å². The summed E-state index contributed by atoms with van der Waals surface area (Å²) in [4.78, 5) is 0. The average molecular weight is 207 g/mol. The fraction of sp³-hybridized carbons (Fsp3) is 0.500. The molecule has 0 saturated carbocycles. The summed E-state index contributed by atoms with van der Waals surface area (Å²) in [7, 11) is 0. The molecule has 0 radical (unpaired) electrons. The van der Waals surface area contributed by atoms with E-state index >= 15 is 0 Å². The summed E-state index contributed by atoms with van der Waals surface area (Å²) in [6, 6.07) is 7.93. The third-order valence-corrected chi connectivity index (χ3v) is 2.66. The summed E-state index contributed by atoms with van der Waals surface area (Å²) < 4.78 is 5.89. The molecule has 2 N–H and O–H groups in total. The van der Waals surface area contributed by atoms with Crippen molar-refractivity contribution < 1.29 is 9.84 Å². The van der Waals surface area contributed by atoms with E-state index in [0.717, 1.165) is 30.8 Å². The van der Waals surface area contributed by atoms with Crippen LogP contribution in [-0.4, -0.2) is 30.9 Å². The lowest BCUT2D eigenvalue weighted by Gasteiger charge is -2.15. The number of ether oxygens (including phenoxy) is 1. The number of hydrogen-bond acceptors (Lipinski definition) is 3. The van der Waals surface area contributed by atoms with E-state index in [0.29, 0.717) is 6.42 Å². The Morgan fingerprint density at radius 2 is 2.27 bits per heavy atom. The number of aliphatic hydroxyl groups is 1. The first-order chi connectivity index (χ1) is 7.40. The summed E-state index contributed by atoms with van der Waals surface area (Å²) in [6.45, 7) is 2.13. The quantitative estimate of drug-likeness (QED) is 0.772. The zero-order chi connectivity index (χ0) is 10.5. The SMILES string of the molecule is OCCc1ccccc1O[C@@H]1CCNC1. The molecule has 0 bridgehead atoms. The maximum atomic E-state index is 8.94. The Hall–Kier alpha value is -1.06.